The lowest BCUT2D eigenvalue weighted by molar-refractivity contribution is 0.0971. The van der Waals surface area contributed by atoms with Gasteiger partial charge in [0.05, 0.1) is 17.0 Å². The molecule has 4 nitrogen and oxygen atoms in total. The SMILES string of the molecule is CCc1ccc(C2c3c(oc4ccc(C)cc4c3=O)C(=O)N2c2ccc(Br)cc2)cc1. The first-order valence-corrected chi connectivity index (χ1v) is 11.0. The lowest BCUT2D eigenvalue weighted by atomic mass is 9.96. The van der Waals surface area contributed by atoms with Crippen molar-refractivity contribution in [2.24, 2.45) is 0 Å². The molecule has 1 amide bonds. The number of carbonyl (C=O) groups is 1. The molecule has 154 valence electrons. The van der Waals surface area contributed by atoms with Crippen LogP contribution < -0.4 is 10.3 Å². The van der Waals surface area contributed by atoms with E-state index in [4.69, 9.17) is 4.42 Å². The number of aryl methyl sites for hydroxylation is 2. The molecular weight excluding hydrogens is 454 g/mol. The largest absolute Gasteiger partial charge is 0.450 e. The molecule has 5 heteroatoms. The molecule has 0 aliphatic carbocycles. The molecule has 0 saturated heterocycles. The van der Waals surface area contributed by atoms with Crippen LogP contribution in [0.3, 0.4) is 0 Å². The smallest absolute Gasteiger partial charge is 0.295 e. The van der Waals surface area contributed by atoms with E-state index in [1.54, 1.807) is 11.0 Å². The summed E-state index contributed by atoms with van der Waals surface area (Å²) in [5, 5.41) is 0.499. The van der Waals surface area contributed by atoms with Gasteiger partial charge in [-0.05, 0) is 60.9 Å². The normalized spacial score (nSPS) is 15.5. The summed E-state index contributed by atoms with van der Waals surface area (Å²) in [6, 6.07) is 20.5. The van der Waals surface area contributed by atoms with Crippen LogP contribution in [0.25, 0.3) is 11.0 Å². The summed E-state index contributed by atoms with van der Waals surface area (Å²) in [6.07, 6.45) is 0.920. The van der Waals surface area contributed by atoms with Gasteiger partial charge in [-0.2, -0.15) is 0 Å². The summed E-state index contributed by atoms with van der Waals surface area (Å²) in [6.45, 7) is 4.03. The highest BCUT2D eigenvalue weighted by molar-refractivity contribution is 9.10. The Morgan fingerprint density at radius 1 is 0.968 bits per heavy atom. The van der Waals surface area contributed by atoms with E-state index in [9.17, 15) is 9.59 Å². The zero-order valence-electron chi connectivity index (χ0n) is 17.2. The quantitative estimate of drug-likeness (QED) is 0.357. The monoisotopic (exact) mass is 473 g/mol. The van der Waals surface area contributed by atoms with Gasteiger partial charge in [-0.25, -0.2) is 0 Å². The molecule has 1 aliphatic rings. The van der Waals surface area contributed by atoms with Crippen molar-refractivity contribution in [1.82, 2.24) is 0 Å². The van der Waals surface area contributed by atoms with E-state index < -0.39 is 6.04 Å². The van der Waals surface area contributed by atoms with Crippen LogP contribution >= 0.6 is 15.9 Å². The Balaban J connectivity index is 1.79. The van der Waals surface area contributed by atoms with E-state index in [2.05, 4.69) is 22.9 Å². The molecule has 1 atom stereocenters. The first-order valence-electron chi connectivity index (χ1n) is 10.2. The number of anilines is 1. The maximum absolute atomic E-state index is 13.6. The Bertz CT molecular complexity index is 1370. The highest BCUT2D eigenvalue weighted by atomic mass is 79.9. The zero-order chi connectivity index (χ0) is 21.7. The second-order valence-electron chi connectivity index (χ2n) is 7.82. The third-order valence-electron chi connectivity index (χ3n) is 5.83. The molecule has 3 aromatic carbocycles. The van der Waals surface area contributed by atoms with Gasteiger partial charge in [0.25, 0.3) is 5.91 Å². The number of nitrogens with zero attached hydrogens (tertiary/aromatic N) is 1. The van der Waals surface area contributed by atoms with Crippen LogP contribution in [0.5, 0.6) is 0 Å². The van der Waals surface area contributed by atoms with E-state index >= 15 is 0 Å². The predicted octanol–water partition coefficient (Wildman–Crippen LogP) is 6.18. The average molecular weight is 474 g/mol. The van der Waals surface area contributed by atoms with Crippen molar-refractivity contribution in [2.75, 3.05) is 4.90 Å². The van der Waals surface area contributed by atoms with Gasteiger partial charge >= 0.3 is 0 Å². The van der Waals surface area contributed by atoms with E-state index in [1.165, 1.54) is 5.56 Å². The second kappa shape index (κ2) is 7.50. The number of fused-ring (bicyclic) bond motifs is 2. The van der Waals surface area contributed by atoms with Gasteiger partial charge in [0.2, 0.25) is 5.76 Å². The lowest BCUT2D eigenvalue weighted by Crippen LogP contribution is -2.29. The molecule has 0 spiro atoms. The van der Waals surface area contributed by atoms with Crippen molar-refractivity contribution >= 4 is 38.5 Å². The standard InChI is InChI=1S/C26H20BrNO3/c1-3-16-5-7-17(8-6-16)23-22-24(29)20-14-15(2)4-13-21(20)31-25(22)26(30)28(23)19-11-9-18(27)10-12-19/h4-14,23H,3H2,1-2H3. The van der Waals surface area contributed by atoms with Crippen LogP contribution in [0.2, 0.25) is 0 Å². The van der Waals surface area contributed by atoms with Gasteiger partial charge in [-0.1, -0.05) is 58.7 Å². The fourth-order valence-corrected chi connectivity index (χ4v) is 4.47. The summed E-state index contributed by atoms with van der Waals surface area (Å²) < 4.78 is 6.94. The third-order valence-corrected chi connectivity index (χ3v) is 6.36. The van der Waals surface area contributed by atoms with E-state index in [1.807, 2.05) is 67.6 Å². The lowest BCUT2D eigenvalue weighted by Gasteiger charge is -2.25. The molecule has 0 N–H and O–H groups in total. The maximum Gasteiger partial charge on any atom is 0.295 e. The van der Waals surface area contributed by atoms with Crippen molar-refractivity contribution in [3.63, 3.8) is 0 Å². The Kier molecular flexibility index (Phi) is 4.78. The van der Waals surface area contributed by atoms with Crippen LogP contribution in [0, 0.1) is 6.92 Å². The summed E-state index contributed by atoms with van der Waals surface area (Å²) >= 11 is 3.45. The van der Waals surface area contributed by atoms with Crippen LogP contribution in [-0.2, 0) is 6.42 Å². The van der Waals surface area contributed by atoms with Crippen molar-refractivity contribution in [3.05, 3.63) is 109 Å². The Morgan fingerprint density at radius 3 is 2.35 bits per heavy atom. The fourth-order valence-electron chi connectivity index (χ4n) is 4.21. The van der Waals surface area contributed by atoms with Gasteiger partial charge < -0.3 is 4.42 Å². The first kappa shape index (κ1) is 19.8. The van der Waals surface area contributed by atoms with Gasteiger partial charge in [-0.3, -0.25) is 14.5 Å². The molecule has 1 unspecified atom stereocenters. The summed E-state index contributed by atoms with van der Waals surface area (Å²) in [5.41, 5.74) is 4.44. The first-order chi connectivity index (χ1) is 15.0. The van der Waals surface area contributed by atoms with Crippen LogP contribution in [0.15, 0.2) is 80.4 Å². The van der Waals surface area contributed by atoms with E-state index in [0.717, 1.165) is 22.0 Å². The molecule has 1 aromatic heterocycles. The van der Waals surface area contributed by atoms with Gasteiger partial charge in [0.15, 0.2) is 5.43 Å². The number of hydrogen-bond donors (Lipinski definition) is 0. The highest BCUT2D eigenvalue weighted by Gasteiger charge is 2.43. The second-order valence-corrected chi connectivity index (χ2v) is 8.74. The fraction of sp³-hybridized carbons (Fsp3) is 0.154. The van der Waals surface area contributed by atoms with Crippen molar-refractivity contribution < 1.29 is 9.21 Å². The minimum atomic E-state index is -0.546. The maximum atomic E-state index is 13.6. The average Bonchev–Trinajstić information content (AvgIpc) is 3.07. The third kappa shape index (κ3) is 3.20. The molecule has 0 saturated carbocycles. The Hall–Kier alpha value is -3.18. The zero-order valence-corrected chi connectivity index (χ0v) is 18.8. The minimum absolute atomic E-state index is 0.119. The summed E-state index contributed by atoms with van der Waals surface area (Å²) in [4.78, 5) is 28.8. The predicted molar refractivity (Wildman–Crippen MR) is 126 cm³/mol. The minimum Gasteiger partial charge on any atom is -0.450 e. The number of halogens is 1. The van der Waals surface area contributed by atoms with Crippen LogP contribution in [0.1, 0.15) is 45.8 Å². The van der Waals surface area contributed by atoms with Crippen LogP contribution in [0.4, 0.5) is 5.69 Å². The molecule has 0 fully saturated rings. The molecule has 5 rings (SSSR count). The molecule has 4 aromatic rings. The van der Waals surface area contributed by atoms with E-state index in [-0.39, 0.29) is 17.1 Å². The Morgan fingerprint density at radius 2 is 1.68 bits per heavy atom. The van der Waals surface area contributed by atoms with Gasteiger partial charge in [0.1, 0.15) is 5.58 Å². The topological polar surface area (TPSA) is 50.5 Å². The molecule has 1 aliphatic heterocycles. The van der Waals surface area contributed by atoms with Crippen molar-refractivity contribution in [2.45, 2.75) is 26.3 Å². The summed E-state index contributed by atoms with van der Waals surface area (Å²) in [7, 11) is 0. The van der Waals surface area contributed by atoms with Gasteiger partial charge in [0, 0.05) is 10.2 Å². The number of rotatable bonds is 3. The Labute approximate surface area is 188 Å². The molecule has 31 heavy (non-hydrogen) atoms. The van der Waals surface area contributed by atoms with Gasteiger partial charge in [-0.15, -0.1) is 0 Å². The van der Waals surface area contributed by atoms with E-state index in [0.29, 0.717) is 22.2 Å². The number of benzene rings is 3. The molecular formula is C26H20BrNO3. The number of amides is 1. The van der Waals surface area contributed by atoms with Crippen molar-refractivity contribution in [3.8, 4) is 0 Å². The highest BCUT2D eigenvalue weighted by Crippen LogP contribution is 2.41. The van der Waals surface area contributed by atoms with Crippen molar-refractivity contribution in [1.29, 1.82) is 0 Å². The van der Waals surface area contributed by atoms with Crippen LogP contribution in [-0.4, -0.2) is 5.91 Å². The molecule has 0 bridgehead atoms. The molecule has 0 radical (unpaired) electrons. The number of hydrogen-bond acceptors (Lipinski definition) is 3. The summed E-state index contributed by atoms with van der Waals surface area (Å²) in [5.74, 6) is -0.185. The number of carbonyl (C=O) groups excluding carboxylic acids is 1. The molecule has 2 heterocycles.